The summed E-state index contributed by atoms with van der Waals surface area (Å²) < 4.78 is 4.69. The molecule has 0 saturated carbocycles. The molecule has 0 aliphatic heterocycles. The molecule has 3 atom stereocenters. The van der Waals surface area contributed by atoms with Gasteiger partial charge in [-0.2, -0.15) is 0 Å². The third-order valence-corrected chi connectivity index (χ3v) is 7.04. The number of methoxy groups -OCH3 is 1. The molecule has 1 aromatic rings. The van der Waals surface area contributed by atoms with Crippen molar-refractivity contribution in [1.29, 1.82) is 0 Å². The van der Waals surface area contributed by atoms with Crippen molar-refractivity contribution in [2.24, 2.45) is 5.73 Å². The normalized spacial score (nSPS) is 14.1. The van der Waals surface area contributed by atoms with E-state index in [1.807, 2.05) is 18.2 Å². The molecule has 6 heteroatoms. The number of hydrogen-bond acceptors (Lipinski definition) is 5. The van der Waals surface area contributed by atoms with E-state index in [-0.39, 0.29) is 12.4 Å². The van der Waals surface area contributed by atoms with Gasteiger partial charge in [0, 0.05) is 5.75 Å². The average Bonchev–Trinajstić information content (AvgIpc) is 2.77. The molecule has 0 aliphatic rings. The Hall–Kier alpha value is -1.53. The summed E-state index contributed by atoms with van der Waals surface area (Å²) in [5.74, 6) is -0.292. The van der Waals surface area contributed by atoms with Gasteiger partial charge in [0.15, 0.2) is 0 Å². The van der Waals surface area contributed by atoms with Crippen LogP contribution in [0.15, 0.2) is 24.3 Å². The van der Waals surface area contributed by atoms with E-state index >= 15 is 0 Å². The maximum absolute atomic E-state index is 11.8. The highest BCUT2D eigenvalue weighted by Crippen LogP contribution is 2.38. The number of amides is 1. The number of aliphatic hydroxyl groups excluding tert-OH is 1. The summed E-state index contributed by atoms with van der Waals surface area (Å²) in [4.78, 5) is 23.2. The Kier molecular flexibility index (Phi) is 14.3. The Morgan fingerprint density at radius 1 is 1.03 bits per heavy atom. The van der Waals surface area contributed by atoms with Gasteiger partial charge < -0.3 is 15.6 Å². The molecule has 1 amide bonds. The molecule has 0 aliphatic carbocycles. The Balaban J connectivity index is 2.72. The van der Waals surface area contributed by atoms with Gasteiger partial charge in [-0.25, -0.2) is 0 Å². The van der Waals surface area contributed by atoms with Gasteiger partial charge in [-0.1, -0.05) is 89.5 Å². The van der Waals surface area contributed by atoms with Crippen LogP contribution in [0, 0.1) is 0 Å². The molecule has 0 radical (unpaired) electrons. The lowest BCUT2D eigenvalue weighted by molar-refractivity contribution is -0.140. The number of carbonyl (C=O) groups is 2. The van der Waals surface area contributed by atoms with Crippen LogP contribution >= 0.6 is 11.8 Å². The zero-order valence-electron chi connectivity index (χ0n) is 19.5. The van der Waals surface area contributed by atoms with Crippen LogP contribution in [0.2, 0.25) is 0 Å². The van der Waals surface area contributed by atoms with E-state index in [9.17, 15) is 14.7 Å². The second kappa shape index (κ2) is 16.2. The van der Waals surface area contributed by atoms with Crippen LogP contribution < -0.4 is 5.73 Å². The van der Waals surface area contributed by atoms with Crippen LogP contribution in [0.25, 0.3) is 0 Å². The van der Waals surface area contributed by atoms with Crippen LogP contribution in [0.3, 0.4) is 0 Å². The standard InChI is InChI=1S/C25H41NO4S/c1-4-5-6-7-8-9-10-11-14-19(2)20-15-12-13-16-21(20)24(23(28)25(26)29)31-18-17-22(27)30-3/h12-13,15-16,19,23-24,28H,4-11,14,17-18H2,1-3H3,(H2,26,29). The van der Waals surface area contributed by atoms with E-state index < -0.39 is 17.3 Å². The minimum atomic E-state index is -1.31. The van der Waals surface area contributed by atoms with Crippen molar-refractivity contribution >= 4 is 23.6 Å². The molecule has 176 valence electrons. The summed E-state index contributed by atoms with van der Waals surface area (Å²) in [6.45, 7) is 4.44. The van der Waals surface area contributed by atoms with Gasteiger partial charge in [0.05, 0.1) is 18.8 Å². The molecular formula is C25H41NO4S. The first-order valence-corrected chi connectivity index (χ1v) is 12.7. The number of esters is 1. The van der Waals surface area contributed by atoms with Crippen LogP contribution in [0.5, 0.6) is 0 Å². The number of aliphatic hydroxyl groups is 1. The smallest absolute Gasteiger partial charge is 0.306 e. The monoisotopic (exact) mass is 451 g/mol. The highest BCUT2D eigenvalue weighted by atomic mass is 32.2. The predicted molar refractivity (Wildman–Crippen MR) is 129 cm³/mol. The van der Waals surface area contributed by atoms with Crippen molar-refractivity contribution in [1.82, 2.24) is 0 Å². The van der Waals surface area contributed by atoms with Crippen molar-refractivity contribution in [3.05, 3.63) is 35.4 Å². The first-order valence-electron chi connectivity index (χ1n) is 11.7. The maximum Gasteiger partial charge on any atom is 0.306 e. The molecule has 1 rings (SSSR count). The number of unbranched alkanes of at least 4 members (excludes halogenated alkanes) is 7. The van der Waals surface area contributed by atoms with Gasteiger partial charge in [0.25, 0.3) is 0 Å². The van der Waals surface area contributed by atoms with Gasteiger partial charge >= 0.3 is 5.97 Å². The molecular weight excluding hydrogens is 410 g/mol. The van der Waals surface area contributed by atoms with Crippen LogP contribution in [-0.2, 0) is 14.3 Å². The fraction of sp³-hybridized carbons (Fsp3) is 0.680. The molecule has 3 N–H and O–H groups in total. The van der Waals surface area contributed by atoms with Gasteiger partial charge in [0.2, 0.25) is 5.91 Å². The van der Waals surface area contributed by atoms with E-state index in [1.54, 1.807) is 0 Å². The van der Waals surface area contributed by atoms with E-state index in [4.69, 9.17) is 10.5 Å². The highest BCUT2D eigenvalue weighted by Gasteiger charge is 2.29. The average molecular weight is 452 g/mol. The lowest BCUT2D eigenvalue weighted by atomic mass is 9.88. The summed E-state index contributed by atoms with van der Waals surface area (Å²) in [5, 5.41) is 9.99. The van der Waals surface area contributed by atoms with E-state index in [2.05, 4.69) is 19.9 Å². The second-order valence-electron chi connectivity index (χ2n) is 8.26. The number of rotatable bonds is 17. The molecule has 31 heavy (non-hydrogen) atoms. The third-order valence-electron chi connectivity index (χ3n) is 5.73. The number of carbonyl (C=O) groups excluding carboxylic acids is 2. The summed E-state index contributed by atoms with van der Waals surface area (Å²) in [6, 6.07) is 7.95. The second-order valence-corrected chi connectivity index (χ2v) is 9.51. The van der Waals surface area contributed by atoms with Gasteiger partial charge in [-0.05, 0) is 23.5 Å². The summed E-state index contributed by atoms with van der Waals surface area (Å²) in [6.07, 6.45) is 10.3. The first-order chi connectivity index (χ1) is 14.9. The third kappa shape index (κ3) is 10.6. The van der Waals surface area contributed by atoms with Crippen molar-refractivity contribution in [3.8, 4) is 0 Å². The Morgan fingerprint density at radius 2 is 1.61 bits per heavy atom. The fourth-order valence-corrected chi connectivity index (χ4v) is 5.08. The fourth-order valence-electron chi connectivity index (χ4n) is 3.83. The zero-order valence-corrected chi connectivity index (χ0v) is 20.3. The molecule has 3 unspecified atom stereocenters. The number of nitrogens with two attached hydrogens (primary N) is 1. The number of hydrogen-bond donors (Lipinski definition) is 2. The maximum atomic E-state index is 11.8. The number of benzene rings is 1. The SMILES string of the molecule is CCCCCCCCCCC(C)c1ccccc1C(SCCC(=O)OC)C(O)C(N)=O. The van der Waals surface area contributed by atoms with Crippen molar-refractivity contribution in [3.63, 3.8) is 0 Å². The van der Waals surface area contributed by atoms with Crippen molar-refractivity contribution < 1.29 is 19.4 Å². The number of thioether (sulfide) groups is 1. The van der Waals surface area contributed by atoms with Gasteiger partial charge in [0.1, 0.15) is 6.10 Å². The molecule has 0 bridgehead atoms. The Labute approximate surface area is 192 Å². The molecule has 5 nitrogen and oxygen atoms in total. The van der Waals surface area contributed by atoms with Crippen molar-refractivity contribution in [2.75, 3.05) is 12.9 Å². The van der Waals surface area contributed by atoms with Crippen LogP contribution in [0.1, 0.15) is 100 Å². The minimum Gasteiger partial charge on any atom is -0.469 e. The van der Waals surface area contributed by atoms with Gasteiger partial charge in [-0.3, -0.25) is 9.59 Å². The topological polar surface area (TPSA) is 89.6 Å². The lowest BCUT2D eigenvalue weighted by Gasteiger charge is -2.25. The van der Waals surface area contributed by atoms with Crippen LogP contribution in [-0.4, -0.2) is 35.9 Å². The molecule has 0 fully saturated rings. The van der Waals surface area contributed by atoms with E-state index in [1.165, 1.54) is 70.2 Å². The van der Waals surface area contributed by atoms with E-state index in [0.29, 0.717) is 11.7 Å². The first kappa shape index (κ1) is 27.5. The van der Waals surface area contributed by atoms with E-state index in [0.717, 1.165) is 17.5 Å². The zero-order chi connectivity index (χ0) is 23.1. The van der Waals surface area contributed by atoms with Crippen LogP contribution in [0.4, 0.5) is 0 Å². The quantitative estimate of drug-likeness (QED) is 0.241. The molecule has 1 aromatic carbocycles. The number of primary amides is 1. The minimum absolute atomic E-state index is 0.221. The summed E-state index contributed by atoms with van der Waals surface area (Å²) >= 11 is 1.38. The summed E-state index contributed by atoms with van der Waals surface area (Å²) in [5.41, 5.74) is 7.49. The lowest BCUT2D eigenvalue weighted by Crippen LogP contribution is -2.33. The summed E-state index contributed by atoms with van der Waals surface area (Å²) in [7, 11) is 1.35. The number of ether oxygens (including phenoxy) is 1. The molecule has 0 saturated heterocycles. The highest BCUT2D eigenvalue weighted by molar-refractivity contribution is 7.99. The van der Waals surface area contributed by atoms with Crippen molar-refractivity contribution in [2.45, 2.75) is 95.3 Å². The molecule has 0 spiro atoms. The Bertz CT molecular complexity index is 652. The van der Waals surface area contributed by atoms with Gasteiger partial charge in [-0.15, -0.1) is 11.8 Å². The molecule has 0 aromatic heterocycles. The Morgan fingerprint density at radius 3 is 2.19 bits per heavy atom. The predicted octanol–water partition coefficient (Wildman–Crippen LogP) is 5.50. The largest absolute Gasteiger partial charge is 0.469 e. The molecule has 0 heterocycles.